The van der Waals surface area contributed by atoms with Crippen LogP contribution in [0.25, 0.3) is 0 Å². The Balaban J connectivity index is 1.25. The lowest BCUT2D eigenvalue weighted by Gasteiger charge is -2.44. The quantitative estimate of drug-likeness (QED) is 0.137. The molecule has 11 heteroatoms. The Kier molecular flexibility index (Phi) is 14.9. The molecule has 3 aromatic carbocycles. The lowest BCUT2D eigenvalue weighted by molar-refractivity contribution is -0.144. The van der Waals surface area contributed by atoms with Gasteiger partial charge in [0.05, 0.1) is 0 Å². The predicted molar refractivity (Wildman–Crippen MR) is 231 cm³/mol. The van der Waals surface area contributed by atoms with Gasteiger partial charge in [-0.05, 0) is 78.9 Å². The van der Waals surface area contributed by atoms with Gasteiger partial charge in [0.1, 0.15) is 29.8 Å². The number of nitrogens with one attached hydrogen (secondary N) is 3. The van der Waals surface area contributed by atoms with Crippen LogP contribution in [-0.4, -0.2) is 78.9 Å². The normalized spacial score (nSPS) is 22.5. The monoisotopic (exact) mass is 808 g/mol. The lowest BCUT2D eigenvalue weighted by atomic mass is 9.94. The van der Waals surface area contributed by atoms with Gasteiger partial charge in [-0.3, -0.25) is 24.0 Å². The number of ketones is 1. The number of amides is 4. The maximum atomic E-state index is 14.1. The van der Waals surface area contributed by atoms with E-state index >= 15 is 0 Å². The Labute approximate surface area is 346 Å². The molecule has 5 atom stereocenters. The summed E-state index contributed by atoms with van der Waals surface area (Å²) in [5.41, 5.74) is 0.750. The number of benzene rings is 3. The smallest absolute Gasteiger partial charge is 0.262 e. The molecule has 0 unspecified atom stereocenters. The molecule has 3 aromatic rings. The number of carbonyl (C=O) groups excluding carboxylic acids is 5. The molecule has 2 saturated heterocycles. The zero-order valence-corrected chi connectivity index (χ0v) is 36.6. The number of aryl methyl sites for hydroxylation is 1. The third kappa shape index (κ3) is 10.1. The average Bonchev–Trinajstić information content (AvgIpc) is 3.72. The minimum atomic E-state index is -2.91. The van der Waals surface area contributed by atoms with Gasteiger partial charge in [-0.1, -0.05) is 132 Å². The van der Waals surface area contributed by atoms with E-state index in [-0.39, 0.29) is 35.5 Å². The molecule has 3 N–H and O–H groups in total. The molecule has 0 radical (unpaired) electrons. The van der Waals surface area contributed by atoms with Crippen LogP contribution in [0.5, 0.6) is 0 Å². The van der Waals surface area contributed by atoms with E-state index in [1.165, 1.54) is 5.56 Å². The third-order valence-electron chi connectivity index (χ3n) is 12.2. The van der Waals surface area contributed by atoms with E-state index in [0.29, 0.717) is 51.5 Å². The Bertz CT molecular complexity index is 1840. The van der Waals surface area contributed by atoms with Crippen molar-refractivity contribution in [3.05, 3.63) is 96.1 Å². The van der Waals surface area contributed by atoms with Crippen molar-refractivity contribution in [3.63, 3.8) is 0 Å². The summed E-state index contributed by atoms with van der Waals surface area (Å²) in [4.78, 5) is 71.2. The first kappa shape index (κ1) is 44.5. The second-order valence-electron chi connectivity index (χ2n) is 17.3. The molecule has 0 spiro atoms. The molecule has 5 rings (SSSR count). The number of carbonyl (C=O) groups is 5. The fourth-order valence-corrected chi connectivity index (χ4v) is 13.1. The highest BCUT2D eigenvalue weighted by Gasteiger charge is 2.51. The summed E-state index contributed by atoms with van der Waals surface area (Å²) in [5.74, 6) is -1.53. The number of hydrogen-bond donors (Lipinski definition) is 3. The van der Waals surface area contributed by atoms with Gasteiger partial charge in [0, 0.05) is 19.4 Å². The number of unbranched alkanes of at least 4 members (excludes halogenated alkanes) is 2. The highest BCUT2D eigenvalue weighted by Crippen LogP contribution is 2.37. The molecule has 0 aromatic heterocycles. The fourth-order valence-electron chi connectivity index (χ4n) is 8.42. The summed E-state index contributed by atoms with van der Waals surface area (Å²) < 4.78 is 7.04. The van der Waals surface area contributed by atoms with Crippen molar-refractivity contribution in [1.29, 1.82) is 0 Å². The molecule has 2 aliphatic rings. The van der Waals surface area contributed by atoms with Gasteiger partial charge in [0.15, 0.2) is 5.78 Å². The number of rotatable bonds is 15. The van der Waals surface area contributed by atoms with Crippen molar-refractivity contribution in [2.24, 2.45) is 0 Å². The molecule has 0 aliphatic carbocycles. The minimum Gasteiger partial charge on any atom is -0.398 e. The van der Waals surface area contributed by atoms with Crippen LogP contribution in [0.1, 0.15) is 111 Å². The number of nitrogens with zero attached hydrogens (tertiary/aromatic N) is 1. The van der Waals surface area contributed by atoms with Crippen molar-refractivity contribution in [2.45, 2.75) is 147 Å². The second-order valence-corrected chi connectivity index (χ2v) is 21.6. The maximum absolute atomic E-state index is 14.1. The van der Waals surface area contributed by atoms with Crippen LogP contribution < -0.4 is 26.3 Å². The van der Waals surface area contributed by atoms with Crippen LogP contribution >= 0.6 is 0 Å². The van der Waals surface area contributed by atoms with Crippen LogP contribution in [0.15, 0.2) is 84.9 Å². The topological polar surface area (TPSA) is 134 Å². The highest BCUT2D eigenvalue weighted by atomic mass is 28.4. The minimum absolute atomic E-state index is 0.0250. The van der Waals surface area contributed by atoms with Crippen LogP contribution in [0.2, 0.25) is 5.04 Å². The summed E-state index contributed by atoms with van der Waals surface area (Å²) in [6.45, 7) is 14.4. The molecule has 2 fully saturated rings. The standard InChI is InChI=1S/C47H64N4O6Si/c1-8-34-27-29-35(30-28-34)32-39-44(55)51-31-19-25-40(51)43(54)48-38(42(53)50-47(7,9-2)45(56)49-39)24-17-12-18-26-41(52)33(3)57-58(46(4,5)6,36-20-13-10-14-21-36)37-22-15-11-16-23-37/h10-11,13-16,20-23,27-30,33,38-40H,8-9,12,17-19,24-26,31-32H2,1-7H3,(H,48,54)(H,49,56)(H,50,53)/t33-,38+,39+,40-,47+/m1/s1. The molecule has 2 heterocycles. The molecule has 0 saturated carbocycles. The summed E-state index contributed by atoms with van der Waals surface area (Å²) in [5, 5.41) is 10.8. The van der Waals surface area contributed by atoms with E-state index in [9.17, 15) is 24.0 Å². The third-order valence-corrected chi connectivity index (χ3v) is 17.3. The molecule has 312 valence electrons. The summed E-state index contributed by atoms with van der Waals surface area (Å²) >= 11 is 0. The Hall–Kier alpha value is -4.61. The van der Waals surface area contributed by atoms with Gasteiger partial charge in [-0.15, -0.1) is 0 Å². The van der Waals surface area contributed by atoms with Crippen LogP contribution in [0.4, 0.5) is 0 Å². The van der Waals surface area contributed by atoms with Gasteiger partial charge in [0.2, 0.25) is 23.6 Å². The largest absolute Gasteiger partial charge is 0.398 e. The summed E-state index contributed by atoms with van der Waals surface area (Å²) in [7, 11) is -2.91. The fraction of sp³-hybridized carbons (Fsp3) is 0.511. The van der Waals surface area contributed by atoms with E-state index in [0.717, 1.165) is 22.4 Å². The molecule has 10 nitrogen and oxygen atoms in total. The van der Waals surface area contributed by atoms with Gasteiger partial charge in [-0.2, -0.15) is 0 Å². The first-order valence-electron chi connectivity index (χ1n) is 21.3. The van der Waals surface area contributed by atoms with E-state index in [4.69, 9.17) is 4.43 Å². The first-order chi connectivity index (χ1) is 27.6. The van der Waals surface area contributed by atoms with Gasteiger partial charge >= 0.3 is 0 Å². The molecule has 2 aliphatic heterocycles. The Morgan fingerprint density at radius 3 is 2.00 bits per heavy atom. The molecular formula is C47H64N4O6Si. The molecule has 0 bridgehead atoms. The van der Waals surface area contributed by atoms with Crippen LogP contribution in [0.3, 0.4) is 0 Å². The Morgan fingerprint density at radius 2 is 1.43 bits per heavy atom. The predicted octanol–water partition coefficient (Wildman–Crippen LogP) is 5.54. The van der Waals surface area contributed by atoms with Crippen LogP contribution in [-0.2, 0) is 41.2 Å². The number of Topliss-reactive ketones (excluding diaryl/α,β-unsaturated/α-hetero) is 1. The van der Waals surface area contributed by atoms with Crippen LogP contribution in [0, 0.1) is 0 Å². The first-order valence-corrected chi connectivity index (χ1v) is 23.2. The van der Waals surface area contributed by atoms with E-state index in [1.807, 2.05) is 74.5 Å². The van der Waals surface area contributed by atoms with Crippen molar-refractivity contribution >= 4 is 48.1 Å². The lowest BCUT2D eigenvalue weighted by Crippen LogP contribution is -2.68. The van der Waals surface area contributed by atoms with Crippen molar-refractivity contribution in [2.75, 3.05) is 6.54 Å². The van der Waals surface area contributed by atoms with Gasteiger partial charge in [0.25, 0.3) is 8.32 Å². The maximum Gasteiger partial charge on any atom is 0.262 e. The Morgan fingerprint density at radius 1 is 0.828 bits per heavy atom. The SMILES string of the molecule is CCc1ccc(C[C@@H]2NC(=O)[C@](C)(CC)NC(=O)[C@H](CCCCCC(=O)[C@@H](C)O[Si](c3ccccc3)(c3ccccc3)C(C)(C)C)NC(=O)[C@H]3CCCN3C2=O)cc1. The number of fused-ring (bicyclic) bond motifs is 1. The molecule has 4 amide bonds. The number of hydrogen-bond acceptors (Lipinski definition) is 6. The second kappa shape index (κ2) is 19.4. The van der Waals surface area contributed by atoms with Gasteiger partial charge in [-0.25, -0.2) is 0 Å². The van der Waals surface area contributed by atoms with E-state index in [1.54, 1.807) is 11.8 Å². The molecular weight excluding hydrogens is 745 g/mol. The van der Waals surface area contributed by atoms with Crippen molar-refractivity contribution < 1.29 is 28.4 Å². The summed E-state index contributed by atoms with van der Waals surface area (Å²) in [6.07, 6.45) is 4.37. The molecule has 58 heavy (non-hydrogen) atoms. The van der Waals surface area contributed by atoms with E-state index in [2.05, 4.69) is 67.9 Å². The van der Waals surface area contributed by atoms with Crippen molar-refractivity contribution in [1.82, 2.24) is 20.9 Å². The zero-order valence-electron chi connectivity index (χ0n) is 35.6. The van der Waals surface area contributed by atoms with Crippen molar-refractivity contribution in [3.8, 4) is 0 Å². The highest BCUT2D eigenvalue weighted by molar-refractivity contribution is 6.99. The zero-order chi connectivity index (χ0) is 42.1. The van der Waals surface area contributed by atoms with E-state index < -0.39 is 49.9 Å². The average molecular weight is 809 g/mol. The van der Waals surface area contributed by atoms with Gasteiger partial charge < -0.3 is 25.3 Å². The summed E-state index contributed by atoms with van der Waals surface area (Å²) in [6, 6.07) is 26.0.